The van der Waals surface area contributed by atoms with Crippen LogP contribution in [0.1, 0.15) is 28.1 Å². The van der Waals surface area contributed by atoms with Crippen LogP contribution in [0.2, 0.25) is 26.2 Å². The molecule has 3 aliphatic rings. The van der Waals surface area contributed by atoms with Gasteiger partial charge in [-0.15, -0.1) is 0 Å². The summed E-state index contributed by atoms with van der Waals surface area (Å²) >= 11 is -2.29. The van der Waals surface area contributed by atoms with Crippen molar-refractivity contribution >= 4 is 15.5 Å². The molecule has 5 heteroatoms. The number of halogens is 2. The van der Waals surface area contributed by atoms with Crippen molar-refractivity contribution in [3.8, 4) is 0 Å². The number of benzene rings is 1. The number of allylic oxidation sites excluding steroid dienone is 5. The van der Waals surface area contributed by atoms with Gasteiger partial charge in [-0.2, -0.15) is 0 Å². The fourth-order valence-electron chi connectivity index (χ4n) is 5.70. The summed E-state index contributed by atoms with van der Waals surface area (Å²) in [4.78, 5) is 0. The van der Waals surface area contributed by atoms with E-state index >= 15 is 0 Å². The van der Waals surface area contributed by atoms with Gasteiger partial charge >= 0.3 is 140 Å². The molecular formula is C19H26Cl2Si2Zr. The molecule has 24 heavy (non-hydrogen) atoms. The minimum absolute atomic E-state index is 0. The molecule has 1 aliphatic heterocycles. The van der Waals surface area contributed by atoms with E-state index in [4.69, 9.17) is 0 Å². The SMILES string of the molecule is CC1=CC[C]([Zr+2]2([CH]3C=Cc4ccccc43)[Si](C)(C)[Si]2(C)C)=C1.[Cl-].[Cl-]. The maximum atomic E-state index is 2.76. The molecule has 0 spiro atoms. The van der Waals surface area contributed by atoms with Gasteiger partial charge in [-0.25, -0.2) is 0 Å². The summed E-state index contributed by atoms with van der Waals surface area (Å²) in [7, 11) is 0. The summed E-state index contributed by atoms with van der Waals surface area (Å²) in [5.41, 5.74) is 4.72. The van der Waals surface area contributed by atoms with Crippen LogP contribution in [0, 0.1) is 0 Å². The summed E-state index contributed by atoms with van der Waals surface area (Å²) in [5.74, 6) is 0. The van der Waals surface area contributed by atoms with Gasteiger partial charge in [0, 0.05) is 0 Å². The van der Waals surface area contributed by atoms with Crippen molar-refractivity contribution < 1.29 is 43.4 Å². The Kier molecular flexibility index (Phi) is 5.59. The Hall–Kier alpha value is 0.337. The molecule has 2 aliphatic carbocycles. The van der Waals surface area contributed by atoms with Gasteiger partial charge in [0.15, 0.2) is 0 Å². The third-order valence-electron chi connectivity index (χ3n) is 7.29. The average molecular weight is 473 g/mol. The molecule has 1 saturated heterocycles. The fraction of sp³-hybridized carbons (Fsp3) is 0.368. The fourth-order valence-corrected chi connectivity index (χ4v) is 169. The van der Waals surface area contributed by atoms with Crippen LogP contribution in [0.3, 0.4) is 0 Å². The zero-order valence-electron chi connectivity index (χ0n) is 15.2. The van der Waals surface area contributed by atoms with Gasteiger partial charge in [0.25, 0.3) is 0 Å². The monoisotopic (exact) mass is 470 g/mol. The van der Waals surface area contributed by atoms with Crippen LogP contribution in [0.25, 0.3) is 6.08 Å². The molecule has 1 aromatic carbocycles. The summed E-state index contributed by atoms with van der Waals surface area (Å²) < 4.78 is 0.824. The van der Waals surface area contributed by atoms with Crippen molar-refractivity contribution in [2.24, 2.45) is 0 Å². The Balaban J connectivity index is 0.00000104. The third-order valence-corrected chi connectivity index (χ3v) is 121. The maximum absolute atomic E-state index is 2.76. The van der Waals surface area contributed by atoms with Gasteiger partial charge < -0.3 is 24.8 Å². The summed E-state index contributed by atoms with van der Waals surface area (Å²) in [6.45, 7) is 13.4. The Morgan fingerprint density at radius 1 is 1.00 bits per heavy atom. The molecule has 1 unspecified atom stereocenters. The van der Waals surface area contributed by atoms with Gasteiger partial charge in [0.2, 0.25) is 0 Å². The topological polar surface area (TPSA) is 0 Å². The van der Waals surface area contributed by atoms with Crippen molar-refractivity contribution in [2.75, 3.05) is 0 Å². The minimum atomic E-state index is -2.29. The molecule has 1 aromatic rings. The normalized spacial score (nSPS) is 25.3. The summed E-state index contributed by atoms with van der Waals surface area (Å²) in [5, 5.41) is 0. The second-order valence-electron chi connectivity index (χ2n) is 8.35. The van der Waals surface area contributed by atoms with E-state index < -0.39 is 28.0 Å². The van der Waals surface area contributed by atoms with Crippen LogP contribution in [0.4, 0.5) is 0 Å². The molecule has 4 rings (SSSR count). The second kappa shape index (κ2) is 6.50. The van der Waals surface area contributed by atoms with Crippen LogP contribution < -0.4 is 24.8 Å². The number of hydrogen-bond acceptors (Lipinski definition) is 0. The van der Waals surface area contributed by atoms with E-state index in [9.17, 15) is 0 Å². The molecule has 0 radical (unpaired) electrons. The quantitative estimate of drug-likeness (QED) is 0.517. The Labute approximate surface area is 163 Å². The zero-order chi connectivity index (χ0) is 15.8. The zero-order valence-corrected chi connectivity index (χ0v) is 21.1. The maximum Gasteiger partial charge on any atom is -1.00 e. The summed E-state index contributed by atoms with van der Waals surface area (Å²) in [6.07, 6.45) is 11.5. The predicted octanol–water partition coefficient (Wildman–Crippen LogP) is -0.347. The van der Waals surface area contributed by atoms with Crippen molar-refractivity contribution in [3.05, 3.63) is 62.5 Å². The van der Waals surface area contributed by atoms with E-state index in [0.717, 1.165) is 3.63 Å². The van der Waals surface area contributed by atoms with Crippen molar-refractivity contribution in [2.45, 2.75) is 43.2 Å². The minimum Gasteiger partial charge on any atom is -1.00 e. The Morgan fingerprint density at radius 2 is 1.62 bits per heavy atom. The first kappa shape index (κ1) is 20.6. The smallest absolute Gasteiger partial charge is 1.00 e. The van der Waals surface area contributed by atoms with E-state index in [0.29, 0.717) is 0 Å². The van der Waals surface area contributed by atoms with E-state index in [-0.39, 0.29) is 24.8 Å². The molecule has 0 amide bonds. The van der Waals surface area contributed by atoms with Crippen molar-refractivity contribution in [3.63, 3.8) is 0 Å². The van der Waals surface area contributed by atoms with Crippen LogP contribution in [-0.2, 0) is 18.6 Å². The molecule has 0 nitrogen and oxygen atoms in total. The largest absolute Gasteiger partial charge is 1.00 e. The van der Waals surface area contributed by atoms with Crippen LogP contribution in [-0.4, -0.2) is 9.44 Å². The molecule has 0 aromatic heterocycles. The standard InChI is InChI=1S/C9H7.C6H7.C4H12Si2.2ClH.Zr/c1-2-5-9-7-3-6-8(9)4-1;1-6-4-2-3-5-6;1-5(2)6(3)4;;;/h1-7H;4-5H,2H2,1H3;1-4H3;2*1H;/q;;;;;+2/p-2. The first-order valence-electron chi connectivity index (χ1n) is 8.49. The van der Waals surface area contributed by atoms with Crippen molar-refractivity contribution in [1.29, 1.82) is 0 Å². The molecule has 128 valence electrons. The molecule has 1 heterocycles. The number of fused-ring (bicyclic) bond motifs is 1. The Bertz CT molecular complexity index is 748. The van der Waals surface area contributed by atoms with Gasteiger partial charge in [-0.1, -0.05) is 0 Å². The number of hydrogen-bond donors (Lipinski definition) is 0. The molecule has 0 bridgehead atoms. The third kappa shape index (κ3) is 2.31. The molecule has 1 atom stereocenters. The van der Waals surface area contributed by atoms with E-state index in [1.54, 1.807) is 5.56 Å². The van der Waals surface area contributed by atoms with Crippen molar-refractivity contribution in [1.82, 2.24) is 0 Å². The van der Waals surface area contributed by atoms with Crippen LogP contribution in [0.15, 0.2) is 51.3 Å². The molecule has 0 N–H and O–H groups in total. The molecule has 0 saturated carbocycles. The van der Waals surface area contributed by atoms with Crippen LogP contribution >= 0.6 is 0 Å². The van der Waals surface area contributed by atoms with Gasteiger partial charge in [0.1, 0.15) is 0 Å². The second-order valence-corrected chi connectivity index (χ2v) is 67.5. The first-order chi connectivity index (χ1) is 10.3. The average Bonchev–Trinajstić information content (AvgIpc) is 2.94. The van der Waals surface area contributed by atoms with Gasteiger partial charge in [-0.05, 0) is 0 Å². The van der Waals surface area contributed by atoms with E-state index in [1.807, 2.05) is 3.28 Å². The molecular weight excluding hydrogens is 447 g/mol. The van der Waals surface area contributed by atoms with E-state index in [2.05, 4.69) is 81.7 Å². The first-order valence-corrected chi connectivity index (χ1v) is 25.5. The van der Waals surface area contributed by atoms with E-state index in [1.165, 1.54) is 17.6 Å². The molecule has 1 fully saturated rings. The van der Waals surface area contributed by atoms with Gasteiger partial charge in [-0.3, -0.25) is 0 Å². The van der Waals surface area contributed by atoms with Gasteiger partial charge in [0.05, 0.1) is 0 Å². The number of rotatable bonds is 2. The summed E-state index contributed by atoms with van der Waals surface area (Å²) in [6, 6.07) is 9.22. The van der Waals surface area contributed by atoms with Crippen LogP contribution in [0.5, 0.6) is 0 Å². The predicted molar refractivity (Wildman–Crippen MR) is 99.6 cm³/mol. The Morgan fingerprint density at radius 3 is 2.17 bits per heavy atom.